The molecule has 2 fully saturated rings. The van der Waals surface area contributed by atoms with Gasteiger partial charge in [-0.15, -0.1) is 0 Å². The molecule has 2 aliphatic rings. The number of carboxylic acids is 1. The number of ether oxygens (including phenoxy) is 1. The number of carboxylic acid groups (broad SMARTS) is 1. The van der Waals surface area contributed by atoms with Crippen LogP contribution in [0.2, 0.25) is 0 Å². The van der Waals surface area contributed by atoms with Gasteiger partial charge in [0.25, 0.3) is 5.91 Å². The zero-order valence-corrected chi connectivity index (χ0v) is 24.2. The summed E-state index contributed by atoms with van der Waals surface area (Å²) in [4.78, 5) is 26.5. The standard InChI is InChI=1S/C28H32FN5O3.C3H8O/c1-4-19(25(29)20(5-2)27(35)33-11-6-7-12-33)17-9-8-10-18(13-17)34-26(23(15-32-34)28(36)37)22-14-21(22)24(30)16-31-3;1-3-4-2/h4-5,8-10,13,15-16,21-22,31H,2,6-7,11-12,14,30H2,1,3H3,(H,36,37);3H2,1-2H3/b19-4-,24-16-,25-20-;/t21?,22-;/m1./s1. The van der Waals surface area contributed by atoms with Crippen molar-refractivity contribution in [2.75, 3.05) is 33.9 Å². The lowest BCUT2D eigenvalue weighted by molar-refractivity contribution is -0.125. The summed E-state index contributed by atoms with van der Waals surface area (Å²) < 4.78 is 21.9. The zero-order valence-electron chi connectivity index (χ0n) is 24.2. The van der Waals surface area contributed by atoms with Gasteiger partial charge in [0.05, 0.1) is 23.2 Å². The molecular formula is C31H40FN5O4. The van der Waals surface area contributed by atoms with Crippen molar-refractivity contribution in [3.8, 4) is 5.69 Å². The molecule has 1 saturated heterocycles. The molecule has 0 radical (unpaired) electrons. The molecule has 1 unspecified atom stereocenters. The number of benzene rings is 1. The number of likely N-dealkylation sites (tertiary alicyclic amines) is 1. The van der Waals surface area contributed by atoms with Crippen LogP contribution in [-0.2, 0) is 9.53 Å². The number of rotatable bonds is 10. The number of methoxy groups -OCH3 is 1. The number of carbonyl (C=O) groups is 2. The van der Waals surface area contributed by atoms with E-state index in [0.717, 1.165) is 19.4 Å². The number of aromatic nitrogens is 2. The highest BCUT2D eigenvalue weighted by Gasteiger charge is 2.45. The lowest BCUT2D eigenvalue weighted by Crippen LogP contribution is -2.29. The number of hydrogen-bond acceptors (Lipinski definition) is 6. The number of aromatic carboxylic acids is 1. The predicted octanol–water partition coefficient (Wildman–Crippen LogP) is 4.78. The highest BCUT2D eigenvalue weighted by molar-refractivity contribution is 6.00. The van der Waals surface area contributed by atoms with Crippen molar-refractivity contribution in [3.63, 3.8) is 0 Å². The first-order valence-corrected chi connectivity index (χ1v) is 13.8. The van der Waals surface area contributed by atoms with Gasteiger partial charge in [0.1, 0.15) is 11.4 Å². The third-order valence-electron chi connectivity index (χ3n) is 7.20. The summed E-state index contributed by atoms with van der Waals surface area (Å²) in [5.74, 6) is -2.19. The van der Waals surface area contributed by atoms with Crippen LogP contribution in [0.25, 0.3) is 11.3 Å². The summed E-state index contributed by atoms with van der Waals surface area (Å²) >= 11 is 0. The quantitative estimate of drug-likeness (QED) is 0.280. The van der Waals surface area contributed by atoms with Crippen molar-refractivity contribution >= 4 is 17.4 Å². The van der Waals surface area contributed by atoms with Gasteiger partial charge in [-0.1, -0.05) is 30.9 Å². The maximum Gasteiger partial charge on any atom is 0.339 e. The highest BCUT2D eigenvalue weighted by Crippen LogP contribution is 2.51. The van der Waals surface area contributed by atoms with Gasteiger partial charge in [-0.3, -0.25) is 4.79 Å². The van der Waals surface area contributed by atoms with E-state index in [1.807, 2.05) is 6.92 Å². The Morgan fingerprint density at radius 2 is 2.00 bits per heavy atom. The Morgan fingerprint density at radius 3 is 2.56 bits per heavy atom. The average molecular weight is 566 g/mol. The first kappa shape index (κ1) is 31.3. The van der Waals surface area contributed by atoms with E-state index in [9.17, 15) is 14.7 Å². The normalized spacial score (nSPS) is 19.2. The number of allylic oxidation sites excluding steroid dienone is 4. The van der Waals surface area contributed by atoms with Gasteiger partial charge in [-0.05, 0) is 50.8 Å². The van der Waals surface area contributed by atoms with Crippen LogP contribution < -0.4 is 11.1 Å². The van der Waals surface area contributed by atoms with Crippen LogP contribution in [-0.4, -0.2) is 65.5 Å². The number of nitrogens with zero attached hydrogens (tertiary/aromatic N) is 3. The van der Waals surface area contributed by atoms with E-state index in [0.29, 0.717) is 42.2 Å². The lowest BCUT2D eigenvalue weighted by Gasteiger charge is -2.17. The number of amides is 1. The van der Waals surface area contributed by atoms with Crippen LogP contribution in [0.4, 0.5) is 4.39 Å². The Kier molecular flexibility index (Phi) is 11.0. The maximum atomic E-state index is 15.8. The summed E-state index contributed by atoms with van der Waals surface area (Å²) in [6.45, 7) is 9.37. The average Bonchev–Trinajstić information content (AvgIpc) is 3.35. The SMILES string of the molecule is C=C/C(C(=O)N1CCCC1)=C(F)\C(=C/C)c1cccc(-n2ncc(C(=O)O)c2[C@@H]2CC2/C(N)=C/NC)c1.CCOC. The molecule has 0 bridgehead atoms. The minimum atomic E-state index is -1.07. The van der Waals surface area contributed by atoms with Gasteiger partial charge in [-0.2, -0.15) is 5.10 Å². The molecule has 0 spiro atoms. The predicted molar refractivity (Wildman–Crippen MR) is 158 cm³/mol. The second-order valence-electron chi connectivity index (χ2n) is 9.80. The molecule has 2 heterocycles. The van der Waals surface area contributed by atoms with Gasteiger partial charge in [0, 0.05) is 63.2 Å². The molecule has 9 nitrogen and oxygen atoms in total. The summed E-state index contributed by atoms with van der Waals surface area (Å²) in [6, 6.07) is 7.02. The topological polar surface area (TPSA) is 123 Å². The van der Waals surface area contributed by atoms with Crippen LogP contribution in [0.5, 0.6) is 0 Å². The molecule has 4 N–H and O–H groups in total. The zero-order chi connectivity index (χ0) is 30.1. The van der Waals surface area contributed by atoms with E-state index >= 15 is 4.39 Å². The molecule has 10 heteroatoms. The van der Waals surface area contributed by atoms with E-state index in [2.05, 4.69) is 21.7 Å². The van der Waals surface area contributed by atoms with Gasteiger partial charge >= 0.3 is 5.97 Å². The molecule has 2 atom stereocenters. The van der Waals surface area contributed by atoms with Crippen molar-refractivity contribution in [1.82, 2.24) is 20.0 Å². The Balaban J connectivity index is 0.00000108. The molecule has 1 aliphatic heterocycles. The molecule has 1 aromatic carbocycles. The fraction of sp³-hybridized carbons (Fsp3) is 0.387. The number of hydrogen-bond donors (Lipinski definition) is 3. The third-order valence-corrected chi connectivity index (χ3v) is 7.20. The number of carbonyl (C=O) groups excluding carboxylic acids is 1. The van der Waals surface area contributed by atoms with E-state index in [1.165, 1.54) is 12.3 Å². The highest BCUT2D eigenvalue weighted by atomic mass is 19.1. The first-order valence-electron chi connectivity index (χ1n) is 13.8. The summed E-state index contributed by atoms with van der Waals surface area (Å²) in [6.07, 6.45) is 8.43. The van der Waals surface area contributed by atoms with Crippen molar-refractivity contribution in [2.24, 2.45) is 11.7 Å². The van der Waals surface area contributed by atoms with Crippen molar-refractivity contribution in [1.29, 1.82) is 0 Å². The van der Waals surface area contributed by atoms with Crippen LogP contribution in [0.3, 0.4) is 0 Å². The molecule has 4 rings (SSSR count). The minimum Gasteiger partial charge on any atom is -0.478 e. The minimum absolute atomic E-state index is 0.00223. The Bertz CT molecular complexity index is 1350. The van der Waals surface area contributed by atoms with Gasteiger partial charge in [0.2, 0.25) is 0 Å². The molecule has 1 amide bonds. The smallest absolute Gasteiger partial charge is 0.339 e. The summed E-state index contributed by atoms with van der Waals surface area (Å²) in [5.41, 5.74) is 8.76. The fourth-order valence-electron chi connectivity index (χ4n) is 4.96. The van der Waals surface area contributed by atoms with Crippen molar-refractivity contribution in [3.05, 3.63) is 89.3 Å². The van der Waals surface area contributed by atoms with Crippen LogP contribution >= 0.6 is 0 Å². The van der Waals surface area contributed by atoms with E-state index < -0.39 is 11.8 Å². The summed E-state index contributed by atoms with van der Waals surface area (Å²) in [7, 11) is 3.44. The molecular weight excluding hydrogens is 525 g/mol. The Morgan fingerprint density at radius 1 is 1.32 bits per heavy atom. The number of nitrogens with two attached hydrogens (primary N) is 1. The number of halogens is 1. The fourth-order valence-corrected chi connectivity index (χ4v) is 4.96. The van der Waals surface area contributed by atoms with Crippen LogP contribution in [0, 0.1) is 5.92 Å². The first-order chi connectivity index (χ1) is 19.7. The Hall–Kier alpha value is -4.18. The largest absolute Gasteiger partial charge is 0.478 e. The van der Waals surface area contributed by atoms with E-state index in [1.54, 1.807) is 67.2 Å². The summed E-state index contributed by atoms with van der Waals surface area (Å²) in [5, 5.41) is 17.1. The van der Waals surface area contributed by atoms with Crippen molar-refractivity contribution < 1.29 is 23.8 Å². The lowest BCUT2D eigenvalue weighted by atomic mass is 10.00. The molecule has 1 aromatic heterocycles. The van der Waals surface area contributed by atoms with Crippen LogP contribution in [0.15, 0.2) is 72.5 Å². The molecule has 1 aliphatic carbocycles. The molecule has 2 aromatic rings. The number of nitrogens with one attached hydrogen (secondary N) is 1. The van der Waals surface area contributed by atoms with E-state index in [-0.39, 0.29) is 34.5 Å². The molecule has 220 valence electrons. The van der Waals surface area contributed by atoms with Crippen molar-refractivity contribution in [2.45, 2.75) is 39.0 Å². The van der Waals surface area contributed by atoms with Gasteiger partial charge < -0.3 is 25.8 Å². The van der Waals surface area contributed by atoms with Gasteiger partial charge in [-0.25, -0.2) is 13.9 Å². The maximum absolute atomic E-state index is 15.8. The Labute approximate surface area is 240 Å². The van der Waals surface area contributed by atoms with E-state index in [4.69, 9.17) is 5.73 Å². The van der Waals surface area contributed by atoms with Gasteiger partial charge in [0.15, 0.2) is 0 Å². The third kappa shape index (κ3) is 7.13. The van der Waals surface area contributed by atoms with Crippen LogP contribution in [0.1, 0.15) is 60.6 Å². The second-order valence-corrected chi connectivity index (χ2v) is 9.80. The second kappa shape index (κ2) is 14.5. The molecule has 41 heavy (non-hydrogen) atoms. The molecule has 1 saturated carbocycles. The monoisotopic (exact) mass is 565 g/mol.